The molecule has 0 aromatic carbocycles. The molecule has 4 heteroatoms. The highest BCUT2D eigenvalue weighted by Gasteiger charge is 1.99. The number of aryl methyl sites for hydroxylation is 1. The molecule has 0 aliphatic carbocycles. The summed E-state index contributed by atoms with van der Waals surface area (Å²) >= 11 is 0. The van der Waals surface area contributed by atoms with Gasteiger partial charge in [0.1, 0.15) is 5.82 Å². The molecule has 1 aromatic heterocycles. The molecule has 0 saturated carbocycles. The molecule has 0 atom stereocenters. The second-order valence-electron chi connectivity index (χ2n) is 3.04. The minimum Gasteiger partial charge on any atom is -0.469 e. The van der Waals surface area contributed by atoms with Crippen LogP contribution in [0.3, 0.4) is 0 Å². The summed E-state index contributed by atoms with van der Waals surface area (Å²) in [6.45, 7) is 1.76. The van der Waals surface area contributed by atoms with E-state index in [4.69, 9.17) is 0 Å². The summed E-state index contributed by atoms with van der Waals surface area (Å²) in [5.41, 5.74) is 1.39. The van der Waals surface area contributed by atoms with Crippen molar-refractivity contribution in [3.05, 3.63) is 35.4 Å². The van der Waals surface area contributed by atoms with Crippen molar-refractivity contribution in [2.45, 2.75) is 13.3 Å². The Hall–Kier alpha value is -1.71. The summed E-state index contributed by atoms with van der Waals surface area (Å²) < 4.78 is 17.2. The topological polar surface area (TPSA) is 39.2 Å². The zero-order valence-corrected chi connectivity index (χ0v) is 8.66. The van der Waals surface area contributed by atoms with E-state index in [1.165, 1.54) is 13.2 Å². The quantitative estimate of drug-likeness (QED) is 0.715. The number of rotatable bonds is 3. The number of methoxy groups -OCH3 is 1. The van der Waals surface area contributed by atoms with Crippen molar-refractivity contribution < 1.29 is 13.9 Å². The Kier molecular flexibility index (Phi) is 3.97. The number of esters is 1. The number of nitrogens with zero attached hydrogens (tertiary/aromatic N) is 1. The minimum atomic E-state index is -0.363. The molecule has 1 rings (SSSR count). The van der Waals surface area contributed by atoms with E-state index in [1.807, 2.05) is 0 Å². The molecule has 0 bridgehead atoms. The van der Waals surface area contributed by atoms with Crippen LogP contribution in [0.4, 0.5) is 4.39 Å². The summed E-state index contributed by atoms with van der Waals surface area (Å²) in [5.74, 6) is -0.677. The number of carbonyl (C=O) groups excluding carboxylic acids is 1. The largest absolute Gasteiger partial charge is 0.469 e. The summed E-state index contributed by atoms with van der Waals surface area (Å²) in [6, 6.07) is 1.39. The Morgan fingerprint density at radius 3 is 3.00 bits per heavy atom. The first-order chi connectivity index (χ1) is 7.13. The summed E-state index contributed by atoms with van der Waals surface area (Å²) in [7, 11) is 1.33. The van der Waals surface area contributed by atoms with Crippen molar-refractivity contribution in [3.8, 4) is 0 Å². The van der Waals surface area contributed by atoms with Gasteiger partial charge in [-0.2, -0.15) is 0 Å². The molecule has 0 amide bonds. The van der Waals surface area contributed by atoms with Crippen LogP contribution in [-0.4, -0.2) is 18.1 Å². The third-order valence-electron chi connectivity index (χ3n) is 1.87. The number of aromatic nitrogens is 1. The fraction of sp³-hybridized carbons (Fsp3) is 0.273. The van der Waals surface area contributed by atoms with Crippen LogP contribution in [0.1, 0.15) is 17.7 Å². The highest BCUT2D eigenvalue weighted by atomic mass is 19.1. The van der Waals surface area contributed by atoms with Crippen LogP contribution < -0.4 is 0 Å². The highest BCUT2D eigenvalue weighted by molar-refractivity contribution is 5.72. The van der Waals surface area contributed by atoms with E-state index in [0.29, 0.717) is 5.69 Å². The van der Waals surface area contributed by atoms with Gasteiger partial charge in [-0.25, -0.2) is 4.39 Å². The predicted octanol–water partition coefficient (Wildman–Crippen LogP) is 2.11. The molecule has 1 heterocycles. The number of halogens is 1. The SMILES string of the molecule is COC(=O)CC=Cc1ncc(F)cc1C. The second-order valence-corrected chi connectivity index (χ2v) is 3.04. The third kappa shape index (κ3) is 3.50. The molecule has 15 heavy (non-hydrogen) atoms. The van der Waals surface area contributed by atoms with Crippen molar-refractivity contribution >= 4 is 12.0 Å². The van der Waals surface area contributed by atoms with Gasteiger partial charge in [-0.05, 0) is 24.6 Å². The van der Waals surface area contributed by atoms with Gasteiger partial charge in [-0.3, -0.25) is 9.78 Å². The number of ether oxygens (including phenoxy) is 1. The molecule has 1 aromatic rings. The highest BCUT2D eigenvalue weighted by Crippen LogP contribution is 2.08. The van der Waals surface area contributed by atoms with Crippen LogP contribution in [-0.2, 0) is 9.53 Å². The Bertz CT molecular complexity index is 388. The van der Waals surface area contributed by atoms with Crippen molar-refractivity contribution in [2.75, 3.05) is 7.11 Å². The minimum absolute atomic E-state index is 0.189. The molecule has 0 N–H and O–H groups in total. The molecule has 0 fully saturated rings. The monoisotopic (exact) mass is 209 g/mol. The molecule has 80 valence electrons. The van der Waals surface area contributed by atoms with Gasteiger partial charge >= 0.3 is 5.97 Å². The molecule has 0 saturated heterocycles. The van der Waals surface area contributed by atoms with E-state index < -0.39 is 0 Å². The number of hydrogen-bond donors (Lipinski definition) is 0. The Labute approximate surface area is 87.6 Å². The fourth-order valence-corrected chi connectivity index (χ4v) is 1.08. The van der Waals surface area contributed by atoms with Crippen molar-refractivity contribution in [3.63, 3.8) is 0 Å². The molecule has 0 radical (unpaired) electrons. The van der Waals surface area contributed by atoms with E-state index in [1.54, 1.807) is 19.1 Å². The molecule has 0 aliphatic heterocycles. The van der Waals surface area contributed by atoms with Crippen molar-refractivity contribution in [1.82, 2.24) is 4.98 Å². The maximum absolute atomic E-state index is 12.7. The van der Waals surface area contributed by atoms with E-state index in [0.717, 1.165) is 11.8 Å². The lowest BCUT2D eigenvalue weighted by atomic mass is 10.2. The zero-order chi connectivity index (χ0) is 11.3. The first-order valence-corrected chi connectivity index (χ1v) is 4.49. The molecule has 3 nitrogen and oxygen atoms in total. The van der Waals surface area contributed by atoms with Gasteiger partial charge in [0, 0.05) is 0 Å². The van der Waals surface area contributed by atoms with Crippen LogP contribution in [0, 0.1) is 12.7 Å². The predicted molar refractivity (Wildman–Crippen MR) is 54.6 cm³/mol. The molecule has 0 spiro atoms. The molecule has 0 aliphatic rings. The van der Waals surface area contributed by atoms with Crippen molar-refractivity contribution in [2.24, 2.45) is 0 Å². The smallest absolute Gasteiger partial charge is 0.309 e. The second kappa shape index (κ2) is 5.24. The summed E-state index contributed by atoms with van der Waals surface area (Å²) in [4.78, 5) is 14.7. The van der Waals surface area contributed by atoms with Crippen LogP contribution in [0.2, 0.25) is 0 Å². The van der Waals surface area contributed by atoms with E-state index >= 15 is 0 Å². The van der Waals surface area contributed by atoms with Gasteiger partial charge in [0.2, 0.25) is 0 Å². The molecule has 0 unspecified atom stereocenters. The Balaban J connectivity index is 2.68. The Morgan fingerprint density at radius 1 is 1.67 bits per heavy atom. The van der Waals surface area contributed by atoms with Crippen molar-refractivity contribution in [1.29, 1.82) is 0 Å². The van der Waals surface area contributed by atoms with Crippen LogP contribution in [0.5, 0.6) is 0 Å². The lowest BCUT2D eigenvalue weighted by Crippen LogP contribution is -1.97. The van der Waals surface area contributed by atoms with Crippen LogP contribution in [0.25, 0.3) is 6.08 Å². The first kappa shape index (κ1) is 11.4. The number of carbonyl (C=O) groups is 1. The summed E-state index contributed by atoms with van der Waals surface area (Å²) in [6.07, 6.45) is 4.64. The lowest BCUT2D eigenvalue weighted by molar-refractivity contribution is -0.139. The molecular formula is C11H12FNO2. The average molecular weight is 209 g/mol. The maximum Gasteiger partial charge on any atom is 0.309 e. The van der Waals surface area contributed by atoms with Gasteiger partial charge in [-0.1, -0.05) is 6.08 Å². The lowest BCUT2D eigenvalue weighted by Gasteiger charge is -1.98. The standard InChI is InChI=1S/C11H12FNO2/c1-8-6-9(12)7-13-10(8)4-3-5-11(14)15-2/h3-4,6-7H,5H2,1-2H3. The molecular weight excluding hydrogens is 197 g/mol. The van der Waals surface area contributed by atoms with Gasteiger partial charge in [0.05, 0.1) is 25.4 Å². The van der Waals surface area contributed by atoms with E-state index in [2.05, 4.69) is 9.72 Å². The first-order valence-electron chi connectivity index (χ1n) is 4.49. The average Bonchev–Trinajstić information content (AvgIpc) is 2.21. The zero-order valence-electron chi connectivity index (χ0n) is 8.66. The van der Waals surface area contributed by atoms with Gasteiger partial charge in [0.25, 0.3) is 0 Å². The van der Waals surface area contributed by atoms with Crippen LogP contribution >= 0.6 is 0 Å². The van der Waals surface area contributed by atoms with E-state index in [9.17, 15) is 9.18 Å². The van der Waals surface area contributed by atoms with Gasteiger partial charge in [0.15, 0.2) is 0 Å². The normalized spacial score (nSPS) is 10.6. The van der Waals surface area contributed by atoms with Gasteiger partial charge in [-0.15, -0.1) is 0 Å². The number of hydrogen-bond acceptors (Lipinski definition) is 3. The van der Waals surface area contributed by atoms with Crippen LogP contribution in [0.15, 0.2) is 18.3 Å². The third-order valence-corrected chi connectivity index (χ3v) is 1.87. The van der Waals surface area contributed by atoms with Gasteiger partial charge < -0.3 is 4.74 Å². The fourth-order valence-electron chi connectivity index (χ4n) is 1.08. The Morgan fingerprint density at radius 2 is 2.40 bits per heavy atom. The number of pyridine rings is 1. The maximum atomic E-state index is 12.7. The summed E-state index contributed by atoms with van der Waals surface area (Å²) in [5, 5.41) is 0. The van der Waals surface area contributed by atoms with E-state index in [-0.39, 0.29) is 18.2 Å².